The number of anilines is 1. The Bertz CT molecular complexity index is 951. The maximum Gasteiger partial charge on any atom is 0.257 e. The van der Waals surface area contributed by atoms with Gasteiger partial charge < -0.3 is 9.88 Å². The lowest BCUT2D eigenvalue weighted by molar-refractivity contribution is 0.102. The number of aromatic nitrogens is 2. The van der Waals surface area contributed by atoms with Crippen molar-refractivity contribution in [2.75, 3.05) is 5.32 Å². The maximum absolute atomic E-state index is 13.0. The molecule has 0 spiro atoms. The minimum Gasteiger partial charge on any atom is -0.331 e. The van der Waals surface area contributed by atoms with Crippen molar-refractivity contribution in [2.24, 2.45) is 7.05 Å². The van der Waals surface area contributed by atoms with E-state index in [1.807, 2.05) is 0 Å². The van der Waals surface area contributed by atoms with E-state index in [9.17, 15) is 14.0 Å². The molecule has 0 fully saturated rings. The van der Waals surface area contributed by atoms with Crippen molar-refractivity contribution in [1.82, 2.24) is 9.55 Å². The number of carbonyl (C=O) groups excluding carboxylic acids is 2. The quantitative estimate of drug-likeness (QED) is 0.724. The average Bonchev–Trinajstić information content (AvgIpc) is 3.00. The first-order valence-corrected chi connectivity index (χ1v) is 7.72. The van der Waals surface area contributed by atoms with Crippen LogP contribution in [0.15, 0.2) is 54.9 Å². The zero-order chi connectivity index (χ0) is 18.0. The largest absolute Gasteiger partial charge is 0.331 e. The van der Waals surface area contributed by atoms with Crippen LogP contribution in [0.2, 0.25) is 5.02 Å². The van der Waals surface area contributed by atoms with Crippen molar-refractivity contribution in [3.8, 4) is 0 Å². The van der Waals surface area contributed by atoms with E-state index in [1.165, 1.54) is 6.07 Å². The lowest BCUT2D eigenvalue weighted by atomic mass is 10.1. The van der Waals surface area contributed by atoms with Crippen LogP contribution >= 0.6 is 11.6 Å². The van der Waals surface area contributed by atoms with Gasteiger partial charge in [0.25, 0.3) is 5.91 Å². The van der Waals surface area contributed by atoms with Gasteiger partial charge in [-0.2, -0.15) is 0 Å². The first-order chi connectivity index (χ1) is 12.0. The highest BCUT2D eigenvalue weighted by molar-refractivity contribution is 6.34. The number of nitrogens with zero attached hydrogens (tertiary/aromatic N) is 2. The summed E-state index contributed by atoms with van der Waals surface area (Å²) in [6, 6.07) is 9.95. The number of ketones is 1. The summed E-state index contributed by atoms with van der Waals surface area (Å²) in [6.45, 7) is 0. The minimum atomic E-state index is -0.515. The number of aryl methyl sites for hydroxylation is 1. The molecule has 3 rings (SSSR count). The van der Waals surface area contributed by atoms with Crippen LogP contribution in [0.1, 0.15) is 26.5 Å². The topological polar surface area (TPSA) is 64.0 Å². The average molecular weight is 358 g/mol. The summed E-state index contributed by atoms with van der Waals surface area (Å²) < 4.78 is 14.7. The van der Waals surface area contributed by atoms with Crippen LogP contribution < -0.4 is 5.32 Å². The number of carbonyl (C=O) groups is 2. The summed E-state index contributed by atoms with van der Waals surface area (Å²) in [7, 11) is 1.74. The highest BCUT2D eigenvalue weighted by Gasteiger charge is 2.15. The molecule has 25 heavy (non-hydrogen) atoms. The molecular weight excluding hydrogens is 345 g/mol. The number of benzene rings is 2. The van der Waals surface area contributed by atoms with Crippen molar-refractivity contribution in [2.45, 2.75) is 0 Å². The molecule has 0 aliphatic rings. The smallest absolute Gasteiger partial charge is 0.257 e. The minimum absolute atomic E-state index is 0.0269. The van der Waals surface area contributed by atoms with Gasteiger partial charge in [0.15, 0.2) is 5.82 Å². The van der Waals surface area contributed by atoms with Crippen LogP contribution in [0.5, 0.6) is 0 Å². The van der Waals surface area contributed by atoms with Crippen molar-refractivity contribution in [3.63, 3.8) is 0 Å². The molecule has 126 valence electrons. The Balaban J connectivity index is 1.75. The molecule has 0 atom stereocenters. The second-order valence-electron chi connectivity index (χ2n) is 5.35. The number of amides is 1. The molecule has 0 bridgehead atoms. The van der Waals surface area contributed by atoms with Gasteiger partial charge in [-0.15, -0.1) is 0 Å². The van der Waals surface area contributed by atoms with E-state index < -0.39 is 11.7 Å². The van der Waals surface area contributed by atoms with E-state index in [0.29, 0.717) is 17.1 Å². The van der Waals surface area contributed by atoms with Crippen LogP contribution in [0.4, 0.5) is 10.1 Å². The fourth-order valence-corrected chi connectivity index (χ4v) is 2.54. The molecule has 1 N–H and O–H groups in total. The van der Waals surface area contributed by atoms with Gasteiger partial charge in [-0.25, -0.2) is 9.37 Å². The second kappa shape index (κ2) is 6.86. The summed E-state index contributed by atoms with van der Waals surface area (Å²) in [5.41, 5.74) is 1.10. The molecule has 1 aromatic heterocycles. The third-order valence-electron chi connectivity index (χ3n) is 3.60. The fraction of sp³-hybridized carbons (Fsp3) is 0.0556. The van der Waals surface area contributed by atoms with E-state index >= 15 is 0 Å². The molecule has 1 heterocycles. The van der Waals surface area contributed by atoms with Crippen LogP contribution in [-0.2, 0) is 7.05 Å². The summed E-state index contributed by atoms with van der Waals surface area (Å²) in [4.78, 5) is 28.6. The van der Waals surface area contributed by atoms with Crippen LogP contribution in [0.25, 0.3) is 0 Å². The van der Waals surface area contributed by atoms with Gasteiger partial charge in [-0.3, -0.25) is 9.59 Å². The molecular formula is C18H13ClFN3O2. The van der Waals surface area contributed by atoms with Gasteiger partial charge >= 0.3 is 0 Å². The lowest BCUT2D eigenvalue weighted by Gasteiger charge is -2.08. The van der Waals surface area contributed by atoms with E-state index in [4.69, 9.17) is 11.6 Å². The van der Waals surface area contributed by atoms with Crippen LogP contribution in [0.3, 0.4) is 0 Å². The van der Waals surface area contributed by atoms with Crippen LogP contribution in [-0.4, -0.2) is 21.2 Å². The molecule has 7 heteroatoms. The summed E-state index contributed by atoms with van der Waals surface area (Å²) in [5.74, 6) is -0.867. The number of imidazole rings is 1. The van der Waals surface area contributed by atoms with Gasteiger partial charge in [0.05, 0.1) is 10.6 Å². The van der Waals surface area contributed by atoms with Crippen molar-refractivity contribution in [3.05, 3.63) is 82.6 Å². The molecule has 0 saturated heterocycles. The Morgan fingerprint density at radius 3 is 2.48 bits per heavy atom. The molecule has 0 unspecified atom stereocenters. The van der Waals surface area contributed by atoms with E-state index in [0.717, 1.165) is 12.1 Å². The highest BCUT2D eigenvalue weighted by Crippen LogP contribution is 2.19. The Hall–Kier alpha value is -2.99. The molecule has 0 aliphatic carbocycles. The number of hydrogen-bond acceptors (Lipinski definition) is 3. The van der Waals surface area contributed by atoms with Gasteiger partial charge in [0, 0.05) is 30.7 Å². The molecule has 0 radical (unpaired) electrons. The molecule has 0 saturated carbocycles. The Kier molecular flexibility index (Phi) is 4.63. The predicted molar refractivity (Wildman–Crippen MR) is 92.4 cm³/mol. The Morgan fingerprint density at radius 1 is 1.16 bits per heavy atom. The van der Waals surface area contributed by atoms with Crippen molar-refractivity contribution in [1.29, 1.82) is 0 Å². The fourth-order valence-electron chi connectivity index (χ4n) is 2.29. The zero-order valence-corrected chi connectivity index (χ0v) is 13.9. The first kappa shape index (κ1) is 16.9. The third-order valence-corrected chi connectivity index (χ3v) is 3.92. The number of hydrogen-bond donors (Lipinski definition) is 1. The van der Waals surface area contributed by atoms with Gasteiger partial charge in [-0.05, 0) is 42.5 Å². The standard InChI is InChI=1S/C18H13ClFN3O2/c1-23-9-8-21-17(23)16(24)11-2-5-13(6-3-11)22-18(25)14-7-4-12(20)10-15(14)19/h2-10H,1H3,(H,22,25). The molecule has 5 nitrogen and oxygen atoms in total. The molecule has 2 aromatic carbocycles. The number of halogens is 2. The molecule has 0 aliphatic heterocycles. The van der Waals surface area contributed by atoms with E-state index in [2.05, 4.69) is 10.3 Å². The van der Waals surface area contributed by atoms with E-state index in [-0.39, 0.29) is 16.4 Å². The second-order valence-corrected chi connectivity index (χ2v) is 5.75. The monoisotopic (exact) mass is 357 g/mol. The summed E-state index contributed by atoms with van der Waals surface area (Å²) in [6.07, 6.45) is 3.24. The molecule has 1 amide bonds. The summed E-state index contributed by atoms with van der Waals surface area (Å²) in [5, 5.41) is 2.68. The number of nitrogens with one attached hydrogen (secondary N) is 1. The van der Waals surface area contributed by atoms with Crippen molar-refractivity contribution >= 4 is 29.0 Å². The lowest BCUT2D eigenvalue weighted by Crippen LogP contribution is -2.13. The van der Waals surface area contributed by atoms with Crippen LogP contribution in [0, 0.1) is 5.82 Å². The first-order valence-electron chi connectivity index (χ1n) is 7.34. The molecule has 3 aromatic rings. The zero-order valence-electron chi connectivity index (χ0n) is 13.2. The van der Waals surface area contributed by atoms with Gasteiger partial charge in [-0.1, -0.05) is 11.6 Å². The van der Waals surface area contributed by atoms with E-state index in [1.54, 1.807) is 48.3 Å². The third kappa shape index (κ3) is 3.59. The van der Waals surface area contributed by atoms with Gasteiger partial charge in [0.1, 0.15) is 5.82 Å². The highest BCUT2D eigenvalue weighted by atomic mass is 35.5. The normalized spacial score (nSPS) is 10.5. The SMILES string of the molecule is Cn1ccnc1C(=O)c1ccc(NC(=O)c2ccc(F)cc2Cl)cc1. The van der Waals surface area contributed by atoms with Crippen molar-refractivity contribution < 1.29 is 14.0 Å². The maximum atomic E-state index is 13.0. The summed E-state index contributed by atoms with van der Waals surface area (Å²) >= 11 is 5.87. The Morgan fingerprint density at radius 2 is 1.88 bits per heavy atom. The number of rotatable bonds is 4. The van der Waals surface area contributed by atoms with Gasteiger partial charge in [0.2, 0.25) is 5.78 Å². The Labute approximate surface area is 148 Å². The predicted octanol–water partition coefficient (Wildman–Crippen LogP) is 3.70.